The molecule has 0 radical (unpaired) electrons. The summed E-state index contributed by atoms with van der Waals surface area (Å²) in [5, 5.41) is 1.30. The number of rotatable bonds is 1. The molecule has 0 N–H and O–H groups in total. The lowest BCUT2D eigenvalue weighted by atomic mass is 10.1. The van der Waals surface area contributed by atoms with Gasteiger partial charge in [-0.2, -0.15) is 0 Å². The van der Waals surface area contributed by atoms with Gasteiger partial charge in [0.2, 0.25) is 5.16 Å². The monoisotopic (exact) mass is 305 g/mol. The van der Waals surface area contributed by atoms with Gasteiger partial charge in [-0.15, -0.1) is 0 Å². The summed E-state index contributed by atoms with van der Waals surface area (Å²) in [6.45, 7) is 0. The smallest absolute Gasteiger partial charge is 0.252 e. The quantitative estimate of drug-likeness (QED) is 0.758. The van der Waals surface area contributed by atoms with E-state index in [4.69, 9.17) is 0 Å². The number of aryl methyl sites for hydroxylation is 1. The lowest BCUT2D eigenvalue weighted by Crippen LogP contribution is -2.26. The van der Waals surface area contributed by atoms with Gasteiger partial charge in [0.15, 0.2) is 0 Å². The van der Waals surface area contributed by atoms with E-state index in [9.17, 15) is 9.00 Å². The fourth-order valence-corrected chi connectivity index (χ4v) is 4.24. The van der Waals surface area contributed by atoms with Crippen molar-refractivity contribution in [1.29, 1.82) is 0 Å². The number of fused-ring (bicyclic) bond motifs is 3. The lowest BCUT2D eigenvalue weighted by Gasteiger charge is -2.19. The molecule has 0 spiro atoms. The van der Waals surface area contributed by atoms with Crippen LogP contribution in [0.25, 0.3) is 11.0 Å². The van der Waals surface area contributed by atoms with E-state index in [0.717, 1.165) is 36.6 Å². The first kappa shape index (κ1) is 14.4. The number of nitrogens with zero attached hydrogens (tertiary/aromatic N) is 3. The van der Waals surface area contributed by atoms with Gasteiger partial charge in [-0.25, -0.2) is 9.97 Å². The van der Waals surface area contributed by atoms with Gasteiger partial charge in [0, 0.05) is 29.4 Å². The van der Waals surface area contributed by atoms with Gasteiger partial charge in [-0.3, -0.25) is 13.6 Å². The topological polar surface area (TPSA) is 64.8 Å². The van der Waals surface area contributed by atoms with Gasteiger partial charge < -0.3 is 0 Å². The van der Waals surface area contributed by atoms with Crippen LogP contribution in [-0.4, -0.2) is 24.5 Å². The third-order valence-corrected chi connectivity index (χ3v) is 5.48. The molecule has 5 nitrogen and oxygen atoms in total. The first-order valence-electron chi connectivity index (χ1n) is 7.03. The van der Waals surface area contributed by atoms with Gasteiger partial charge in [-0.05, 0) is 24.8 Å². The molecule has 0 aromatic carbocycles. The highest BCUT2D eigenvalue weighted by atomic mass is 32.2. The second-order valence-electron chi connectivity index (χ2n) is 5.51. The summed E-state index contributed by atoms with van der Waals surface area (Å²) < 4.78 is 13.9. The van der Waals surface area contributed by atoms with Crippen molar-refractivity contribution in [2.45, 2.75) is 50.7 Å². The largest absolute Gasteiger partial charge is 0.289 e. The lowest BCUT2D eigenvalue weighted by molar-refractivity contribution is 0.513. The Morgan fingerprint density at radius 3 is 2.81 bits per heavy atom. The second-order valence-corrected chi connectivity index (χ2v) is 6.97. The van der Waals surface area contributed by atoms with Crippen LogP contribution in [0, 0.1) is 0 Å². The van der Waals surface area contributed by atoms with Crippen molar-refractivity contribution in [3.63, 3.8) is 0 Å². The molecule has 1 fully saturated rings. The predicted molar refractivity (Wildman–Crippen MR) is 83.0 cm³/mol. The maximum atomic E-state index is 12.4. The SMILES string of the molecule is C.O=c1cc2c3cnc(nc3n1C1CCCC1)S(=O)CC2. The molecule has 6 heteroatoms. The zero-order valence-corrected chi connectivity index (χ0v) is 11.9. The van der Waals surface area contributed by atoms with Gasteiger partial charge >= 0.3 is 0 Å². The highest BCUT2D eigenvalue weighted by Gasteiger charge is 2.24. The number of hydrogen-bond donors (Lipinski definition) is 0. The van der Waals surface area contributed by atoms with Crippen molar-refractivity contribution in [3.05, 3.63) is 28.2 Å². The molecule has 4 heterocycles. The van der Waals surface area contributed by atoms with E-state index in [2.05, 4.69) is 9.97 Å². The molecule has 21 heavy (non-hydrogen) atoms. The number of aromatic nitrogens is 3. The van der Waals surface area contributed by atoms with Crippen LogP contribution in [-0.2, 0) is 17.2 Å². The van der Waals surface area contributed by atoms with E-state index in [1.807, 2.05) is 0 Å². The molecular weight excluding hydrogens is 286 g/mol. The Labute approximate surface area is 125 Å². The molecule has 0 amide bonds. The number of pyridine rings is 1. The highest BCUT2D eigenvalue weighted by Crippen LogP contribution is 2.31. The van der Waals surface area contributed by atoms with Gasteiger partial charge in [0.1, 0.15) is 5.65 Å². The van der Waals surface area contributed by atoms with Crippen molar-refractivity contribution >= 4 is 21.8 Å². The summed E-state index contributed by atoms with van der Waals surface area (Å²) >= 11 is 0. The molecule has 3 aliphatic rings. The van der Waals surface area contributed by atoms with E-state index in [0.29, 0.717) is 23.0 Å². The Bertz CT molecular complexity index is 778. The van der Waals surface area contributed by atoms with E-state index >= 15 is 0 Å². The van der Waals surface area contributed by atoms with Crippen LogP contribution in [0.2, 0.25) is 0 Å². The Kier molecular flexibility index (Phi) is 3.65. The fraction of sp³-hybridized carbons (Fsp3) is 0.533. The molecule has 2 aliphatic heterocycles. The molecule has 1 aliphatic carbocycles. The van der Waals surface area contributed by atoms with Gasteiger partial charge in [-0.1, -0.05) is 20.3 Å². The summed E-state index contributed by atoms with van der Waals surface area (Å²) in [6.07, 6.45) is 6.75. The molecule has 5 rings (SSSR count). The third-order valence-electron chi connectivity index (χ3n) is 4.31. The standard InChI is InChI=1S/C14H15N3O2S.CH4/c18-12-7-9-5-6-20(19)14-15-8-11(9)13(16-14)17(12)10-3-1-2-4-10;/h7-8,10H,1-6H2;1H4. The maximum Gasteiger partial charge on any atom is 0.252 e. The van der Waals surface area contributed by atoms with Crippen molar-refractivity contribution in [3.8, 4) is 0 Å². The summed E-state index contributed by atoms with van der Waals surface area (Å²) in [5.74, 6) is 0.496. The fourth-order valence-electron chi connectivity index (χ4n) is 3.29. The minimum atomic E-state index is -1.17. The van der Waals surface area contributed by atoms with Crippen molar-refractivity contribution in [1.82, 2.24) is 14.5 Å². The van der Waals surface area contributed by atoms with Crippen LogP contribution in [0.3, 0.4) is 0 Å². The van der Waals surface area contributed by atoms with Crippen molar-refractivity contribution in [2.24, 2.45) is 0 Å². The summed E-state index contributed by atoms with van der Waals surface area (Å²) in [5.41, 5.74) is 1.63. The van der Waals surface area contributed by atoms with E-state index in [1.54, 1.807) is 16.8 Å². The summed E-state index contributed by atoms with van der Waals surface area (Å²) in [6, 6.07) is 1.92. The second kappa shape index (κ2) is 5.33. The molecule has 2 aromatic heterocycles. The van der Waals surface area contributed by atoms with Crippen LogP contribution in [0.4, 0.5) is 0 Å². The summed E-state index contributed by atoms with van der Waals surface area (Å²) in [4.78, 5) is 21.1. The predicted octanol–water partition coefficient (Wildman–Crippen LogP) is 2.21. The van der Waals surface area contributed by atoms with E-state index in [-0.39, 0.29) is 19.0 Å². The first-order chi connectivity index (χ1) is 9.74. The molecule has 1 atom stereocenters. The van der Waals surface area contributed by atoms with E-state index < -0.39 is 10.8 Å². The summed E-state index contributed by atoms with van der Waals surface area (Å²) in [7, 11) is -1.17. The average molecular weight is 305 g/mol. The molecule has 0 saturated heterocycles. The molecule has 1 unspecified atom stereocenters. The van der Waals surface area contributed by atoms with Crippen molar-refractivity contribution in [2.75, 3.05) is 5.75 Å². The zero-order chi connectivity index (χ0) is 13.7. The number of hydrogen-bond acceptors (Lipinski definition) is 4. The minimum absolute atomic E-state index is 0. The van der Waals surface area contributed by atoms with Crippen LogP contribution in [0.15, 0.2) is 22.2 Å². The molecule has 4 bridgehead atoms. The third kappa shape index (κ3) is 2.21. The molecule has 2 aromatic rings. The minimum Gasteiger partial charge on any atom is -0.289 e. The molecule has 112 valence electrons. The van der Waals surface area contributed by atoms with Crippen LogP contribution >= 0.6 is 0 Å². The Morgan fingerprint density at radius 2 is 2.05 bits per heavy atom. The van der Waals surface area contributed by atoms with Crippen molar-refractivity contribution < 1.29 is 4.21 Å². The molecular formula is C15H19N3O2S. The zero-order valence-electron chi connectivity index (χ0n) is 11.0. The van der Waals surface area contributed by atoms with E-state index in [1.165, 1.54) is 0 Å². The van der Waals surface area contributed by atoms with Crippen LogP contribution in [0.1, 0.15) is 44.7 Å². The highest BCUT2D eigenvalue weighted by molar-refractivity contribution is 7.84. The van der Waals surface area contributed by atoms with Crippen LogP contribution < -0.4 is 5.56 Å². The average Bonchev–Trinajstić information content (AvgIpc) is 2.96. The Morgan fingerprint density at radius 1 is 1.29 bits per heavy atom. The first-order valence-corrected chi connectivity index (χ1v) is 8.35. The maximum absolute atomic E-state index is 12.4. The van der Waals surface area contributed by atoms with Gasteiger partial charge in [0.05, 0.1) is 10.8 Å². The Hall–Kier alpha value is -1.56. The molecule has 1 saturated carbocycles. The van der Waals surface area contributed by atoms with Gasteiger partial charge in [0.25, 0.3) is 5.56 Å². The van der Waals surface area contributed by atoms with Crippen LogP contribution in [0.5, 0.6) is 0 Å². The normalized spacial score (nSPS) is 21.4. The Balaban J connectivity index is 0.00000132.